The predicted octanol–water partition coefficient (Wildman–Crippen LogP) is 3.22. The molecule has 0 atom stereocenters. The molecule has 13 heteroatoms. The van der Waals surface area contributed by atoms with Gasteiger partial charge in [0.05, 0.1) is 18.0 Å². The number of nitrogens with zero attached hydrogens (tertiary/aromatic N) is 4. The molecule has 8 nitrogen and oxygen atoms in total. The minimum atomic E-state index is -4.81. The molecule has 34 heavy (non-hydrogen) atoms. The lowest BCUT2D eigenvalue weighted by molar-refractivity contribution is -0.107. The van der Waals surface area contributed by atoms with Gasteiger partial charge in [0.1, 0.15) is 5.69 Å². The second-order valence-corrected chi connectivity index (χ2v) is 10.7. The summed E-state index contributed by atoms with van der Waals surface area (Å²) >= 11 is 6.06. The van der Waals surface area contributed by atoms with Crippen LogP contribution in [0.15, 0.2) is 35.3 Å². The summed E-state index contributed by atoms with van der Waals surface area (Å²) in [6.07, 6.45) is 0.116. The first-order valence-electron chi connectivity index (χ1n) is 10.9. The summed E-state index contributed by atoms with van der Waals surface area (Å²) in [5, 5.41) is 4.69. The summed E-state index contributed by atoms with van der Waals surface area (Å²) in [4.78, 5) is 15.1. The van der Waals surface area contributed by atoms with Crippen LogP contribution in [0.25, 0.3) is 5.69 Å². The minimum absolute atomic E-state index is 0.0912. The first-order chi connectivity index (χ1) is 16.0. The number of hydrogen-bond acceptors (Lipinski definition) is 6. The van der Waals surface area contributed by atoms with Gasteiger partial charge in [0, 0.05) is 31.2 Å². The Morgan fingerprint density at radius 3 is 2.41 bits per heavy atom. The zero-order valence-electron chi connectivity index (χ0n) is 18.2. The number of halogens is 4. The van der Waals surface area contributed by atoms with Gasteiger partial charge in [0.2, 0.25) is 15.8 Å². The smallest absolute Gasteiger partial charge is 0.404 e. The van der Waals surface area contributed by atoms with Crippen molar-refractivity contribution in [3.05, 3.63) is 45.8 Å². The monoisotopic (exact) mass is 520 g/mol. The molecule has 1 saturated heterocycles. The molecule has 1 aliphatic heterocycles. The lowest BCUT2D eigenvalue weighted by Crippen LogP contribution is -2.51. The molecule has 1 aliphatic carbocycles. The van der Waals surface area contributed by atoms with Crippen molar-refractivity contribution in [2.24, 2.45) is 0 Å². The first-order valence-corrected chi connectivity index (χ1v) is 12.9. The van der Waals surface area contributed by atoms with Crippen LogP contribution in [0.2, 0.25) is 5.02 Å². The maximum absolute atomic E-state index is 13.4. The van der Waals surface area contributed by atoms with Crippen LogP contribution in [0.5, 0.6) is 5.75 Å². The molecule has 0 unspecified atom stereocenters. The maximum Gasteiger partial charge on any atom is 0.404 e. The van der Waals surface area contributed by atoms with E-state index in [1.54, 1.807) is 29.2 Å². The van der Waals surface area contributed by atoms with E-state index in [4.69, 9.17) is 16.3 Å². The number of hydrogen-bond donors (Lipinski definition) is 0. The quantitative estimate of drug-likeness (QED) is 0.581. The lowest BCUT2D eigenvalue weighted by atomic mass is 10.2. The normalized spacial score (nSPS) is 18.4. The number of alkyl halides is 3. The van der Waals surface area contributed by atoms with Crippen LogP contribution in [-0.4, -0.2) is 66.7 Å². The third kappa shape index (κ3) is 5.66. The van der Waals surface area contributed by atoms with Gasteiger partial charge in [-0.2, -0.15) is 27.3 Å². The Kier molecular flexibility index (Phi) is 7.11. The Labute approximate surface area is 199 Å². The molecule has 0 bridgehead atoms. The molecule has 186 valence electrons. The average molecular weight is 521 g/mol. The van der Waals surface area contributed by atoms with Crippen LogP contribution < -0.4 is 15.2 Å². The van der Waals surface area contributed by atoms with E-state index in [1.165, 1.54) is 10.9 Å². The van der Waals surface area contributed by atoms with E-state index in [2.05, 4.69) is 5.10 Å². The molecule has 0 amide bonds. The largest absolute Gasteiger partial charge is 0.483 e. The topological polar surface area (TPSA) is 84.7 Å². The van der Waals surface area contributed by atoms with Crippen molar-refractivity contribution in [3.63, 3.8) is 0 Å². The summed E-state index contributed by atoms with van der Waals surface area (Å²) in [5.41, 5.74) is 0.366. The van der Waals surface area contributed by atoms with Crippen molar-refractivity contribution in [2.75, 3.05) is 36.8 Å². The Bertz CT molecular complexity index is 1190. The Balaban J connectivity index is 1.61. The van der Waals surface area contributed by atoms with E-state index in [0.29, 0.717) is 16.4 Å². The van der Waals surface area contributed by atoms with Gasteiger partial charge in [-0.15, -0.1) is 0 Å². The summed E-state index contributed by atoms with van der Waals surface area (Å²) in [6.45, 7) is -0.0852. The first kappa shape index (κ1) is 24.8. The SMILES string of the molecule is O=c1c(OC2CCCC2)c(N2CCN(S(=O)(=O)CC(F)(F)F)CC2)cnn1-c1cccc(Cl)c1. The lowest BCUT2D eigenvalue weighted by Gasteiger charge is -2.36. The van der Waals surface area contributed by atoms with Gasteiger partial charge in [-0.1, -0.05) is 17.7 Å². The van der Waals surface area contributed by atoms with Crippen molar-refractivity contribution >= 4 is 27.3 Å². The number of piperazine rings is 1. The summed E-state index contributed by atoms with van der Waals surface area (Å²) in [5.74, 6) is -1.80. The Morgan fingerprint density at radius 2 is 1.79 bits per heavy atom. The third-order valence-corrected chi connectivity index (χ3v) is 7.95. The third-order valence-electron chi connectivity index (χ3n) is 5.87. The predicted molar refractivity (Wildman–Crippen MR) is 121 cm³/mol. The highest BCUT2D eigenvalue weighted by molar-refractivity contribution is 7.89. The minimum Gasteiger partial charge on any atom is -0.483 e. The van der Waals surface area contributed by atoms with Crippen molar-refractivity contribution in [2.45, 2.75) is 38.0 Å². The van der Waals surface area contributed by atoms with E-state index < -0.39 is 27.5 Å². The van der Waals surface area contributed by atoms with Crippen LogP contribution in [0, 0.1) is 0 Å². The second kappa shape index (κ2) is 9.74. The van der Waals surface area contributed by atoms with E-state index in [1.807, 2.05) is 0 Å². The molecule has 1 saturated carbocycles. The Hall–Kier alpha value is -2.31. The zero-order chi connectivity index (χ0) is 24.5. The van der Waals surface area contributed by atoms with Crippen LogP contribution in [-0.2, 0) is 10.0 Å². The van der Waals surface area contributed by atoms with Gasteiger partial charge in [-0.25, -0.2) is 8.42 Å². The van der Waals surface area contributed by atoms with Crippen LogP contribution in [0.4, 0.5) is 18.9 Å². The van der Waals surface area contributed by atoms with Gasteiger partial charge in [-0.3, -0.25) is 4.79 Å². The summed E-state index contributed by atoms with van der Waals surface area (Å²) in [6, 6.07) is 6.65. The highest BCUT2D eigenvalue weighted by Gasteiger charge is 2.39. The van der Waals surface area contributed by atoms with Gasteiger partial charge in [0.15, 0.2) is 5.75 Å². The van der Waals surface area contributed by atoms with Crippen LogP contribution in [0.3, 0.4) is 0 Å². The fourth-order valence-electron chi connectivity index (χ4n) is 4.24. The van der Waals surface area contributed by atoms with E-state index in [9.17, 15) is 26.4 Å². The highest BCUT2D eigenvalue weighted by Crippen LogP contribution is 2.31. The van der Waals surface area contributed by atoms with Crippen molar-refractivity contribution < 1.29 is 26.3 Å². The number of sulfonamides is 1. The molecule has 1 aromatic carbocycles. The fraction of sp³-hybridized carbons (Fsp3) is 0.524. The van der Waals surface area contributed by atoms with Crippen molar-refractivity contribution in [1.82, 2.24) is 14.1 Å². The average Bonchev–Trinajstić information content (AvgIpc) is 3.27. The molecular formula is C21H24ClF3N4O4S. The van der Waals surface area contributed by atoms with Gasteiger partial charge in [0.25, 0.3) is 0 Å². The van der Waals surface area contributed by atoms with Crippen LogP contribution in [0.1, 0.15) is 25.7 Å². The number of ether oxygens (including phenoxy) is 1. The standard InChI is InChI=1S/C21H24ClF3N4O4S/c22-15-4-3-5-16(12-15)29-20(30)19(33-17-6-1-2-7-17)18(13-26-29)27-8-10-28(11-9-27)34(31,32)14-21(23,24)25/h3-5,12-13,17H,1-2,6-11,14H2. The highest BCUT2D eigenvalue weighted by atomic mass is 35.5. The fourth-order valence-corrected chi connectivity index (χ4v) is 5.74. The molecular weight excluding hydrogens is 497 g/mol. The maximum atomic E-state index is 13.4. The van der Waals surface area contributed by atoms with Gasteiger partial charge < -0.3 is 9.64 Å². The van der Waals surface area contributed by atoms with Gasteiger partial charge >= 0.3 is 11.7 Å². The summed E-state index contributed by atoms with van der Waals surface area (Å²) in [7, 11) is -4.47. The molecule has 2 aliphatic rings. The molecule has 4 rings (SSSR count). The molecule has 1 aromatic heterocycles. The van der Waals surface area contributed by atoms with Crippen molar-refractivity contribution in [1.29, 1.82) is 0 Å². The molecule has 0 spiro atoms. The summed E-state index contributed by atoms with van der Waals surface area (Å²) < 4.78 is 70.3. The number of rotatable bonds is 6. The number of aromatic nitrogens is 2. The van der Waals surface area contributed by atoms with Gasteiger partial charge in [-0.05, 0) is 43.9 Å². The molecule has 2 aromatic rings. The molecule has 0 N–H and O–H groups in total. The molecule has 2 heterocycles. The number of anilines is 1. The molecule has 2 fully saturated rings. The van der Waals surface area contributed by atoms with Crippen LogP contribution >= 0.6 is 11.6 Å². The zero-order valence-corrected chi connectivity index (χ0v) is 19.7. The van der Waals surface area contributed by atoms with E-state index >= 15 is 0 Å². The van der Waals surface area contributed by atoms with Crippen molar-refractivity contribution in [3.8, 4) is 11.4 Å². The van der Waals surface area contributed by atoms with E-state index in [-0.39, 0.29) is 38.0 Å². The molecule has 0 radical (unpaired) electrons. The van der Waals surface area contributed by atoms with E-state index in [0.717, 1.165) is 30.0 Å². The second-order valence-electron chi connectivity index (χ2n) is 8.34. The number of benzene rings is 1. The Morgan fingerprint density at radius 1 is 1.12 bits per heavy atom.